The van der Waals surface area contributed by atoms with Gasteiger partial charge in [-0.15, -0.1) is 13.2 Å². The van der Waals surface area contributed by atoms with Crippen LogP contribution in [0.25, 0.3) is 0 Å². The lowest BCUT2D eigenvalue weighted by atomic mass is 10.0. The van der Waals surface area contributed by atoms with E-state index in [1.807, 2.05) is 0 Å². The predicted octanol–water partition coefficient (Wildman–Crippen LogP) is 2.79. The van der Waals surface area contributed by atoms with E-state index < -0.39 is 49.2 Å². The first-order valence-corrected chi connectivity index (χ1v) is 9.63. The van der Waals surface area contributed by atoms with Crippen LogP contribution in [0.3, 0.4) is 0 Å². The molecular weight excluding hydrogens is 450 g/mol. The third kappa shape index (κ3) is 9.30. The molecule has 32 heavy (non-hydrogen) atoms. The second-order valence-electron chi connectivity index (χ2n) is 6.91. The van der Waals surface area contributed by atoms with Gasteiger partial charge in [0.25, 0.3) is 5.91 Å². The molecule has 1 aromatic rings. The Balaban J connectivity index is 1.62. The summed E-state index contributed by atoms with van der Waals surface area (Å²) in [5, 5.41) is 5.09. The quantitative estimate of drug-likeness (QED) is 0.427. The molecule has 1 fully saturated rings. The number of benzene rings is 1. The molecule has 13 heteroatoms. The zero-order chi connectivity index (χ0) is 23.8. The monoisotopic (exact) mass is 472 g/mol. The Kier molecular flexibility index (Phi) is 9.13. The molecule has 1 aliphatic rings. The van der Waals surface area contributed by atoms with Gasteiger partial charge >= 0.3 is 12.5 Å². The van der Waals surface area contributed by atoms with Crippen molar-refractivity contribution in [2.45, 2.75) is 43.9 Å². The fraction of sp³-hybridized carbons (Fsp3) is 0.579. The van der Waals surface area contributed by atoms with E-state index in [0.29, 0.717) is 6.42 Å². The summed E-state index contributed by atoms with van der Waals surface area (Å²) in [4.78, 5) is 23.9. The van der Waals surface area contributed by atoms with Gasteiger partial charge in [0.05, 0.1) is 24.8 Å². The van der Waals surface area contributed by atoms with E-state index in [9.17, 15) is 35.9 Å². The van der Waals surface area contributed by atoms with Gasteiger partial charge in [-0.3, -0.25) is 14.3 Å². The van der Waals surface area contributed by atoms with E-state index in [1.165, 1.54) is 0 Å². The summed E-state index contributed by atoms with van der Waals surface area (Å²) in [5.74, 6) is -0.871. The number of alkyl halides is 6. The average Bonchev–Trinajstić information content (AvgIpc) is 2.71. The number of nitrogens with one attached hydrogen (secondary N) is 2. The van der Waals surface area contributed by atoms with Gasteiger partial charge in [0.1, 0.15) is 11.9 Å². The second kappa shape index (κ2) is 11.4. The van der Waals surface area contributed by atoms with Crippen LogP contribution >= 0.6 is 0 Å². The fourth-order valence-corrected chi connectivity index (χ4v) is 2.82. The average molecular weight is 472 g/mol. The molecule has 2 amide bonds. The molecule has 0 bridgehead atoms. The summed E-state index contributed by atoms with van der Waals surface area (Å²) < 4.78 is 87.2. The van der Waals surface area contributed by atoms with Gasteiger partial charge in [0.2, 0.25) is 5.91 Å². The topological polar surface area (TPSA) is 85.9 Å². The molecule has 1 aliphatic heterocycles. The number of hydrogen-bond donors (Lipinski definition) is 2. The van der Waals surface area contributed by atoms with Crippen LogP contribution in [-0.2, 0) is 25.2 Å². The van der Waals surface area contributed by atoms with Crippen molar-refractivity contribution in [2.75, 3.05) is 26.4 Å². The lowest BCUT2D eigenvalue weighted by Crippen LogP contribution is -2.48. The summed E-state index contributed by atoms with van der Waals surface area (Å²) in [7, 11) is 0. The zero-order valence-corrected chi connectivity index (χ0v) is 16.7. The van der Waals surface area contributed by atoms with Crippen molar-refractivity contribution in [3.05, 3.63) is 29.8 Å². The Morgan fingerprint density at radius 1 is 1.06 bits per heavy atom. The van der Waals surface area contributed by atoms with Crippen LogP contribution < -0.4 is 15.4 Å². The van der Waals surface area contributed by atoms with Gasteiger partial charge in [0.15, 0.2) is 6.61 Å². The Hall–Kier alpha value is -2.54. The molecule has 0 saturated carbocycles. The molecule has 7 nitrogen and oxygen atoms in total. The van der Waals surface area contributed by atoms with Crippen molar-refractivity contribution in [1.82, 2.24) is 10.6 Å². The minimum absolute atomic E-state index is 0.00374. The van der Waals surface area contributed by atoms with Gasteiger partial charge in [-0.2, -0.15) is 13.2 Å². The zero-order valence-electron chi connectivity index (χ0n) is 16.7. The number of carbonyl (C=O) groups is 2. The number of carbonyl (C=O) groups excluding carboxylic acids is 2. The van der Waals surface area contributed by atoms with Crippen molar-refractivity contribution in [1.29, 1.82) is 0 Å². The van der Waals surface area contributed by atoms with Crippen LogP contribution in [0.4, 0.5) is 26.3 Å². The number of amides is 2. The summed E-state index contributed by atoms with van der Waals surface area (Å²) in [6.45, 7) is -0.943. The lowest BCUT2D eigenvalue weighted by molar-refractivity contribution is -0.324. The molecule has 2 rings (SSSR count). The highest BCUT2D eigenvalue weighted by Crippen LogP contribution is 2.30. The highest BCUT2D eigenvalue weighted by atomic mass is 19.4. The van der Waals surface area contributed by atoms with E-state index in [-0.39, 0.29) is 37.8 Å². The maximum atomic E-state index is 12.5. The summed E-state index contributed by atoms with van der Waals surface area (Å²) in [6, 6.07) is 3.52. The van der Waals surface area contributed by atoms with Gasteiger partial charge in [-0.25, -0.2) is 0 Å². The van der Waals surface area contributed by atoms with Crippen molar-refractivity contribution < 1.29 is 50.1 Å². The van der Waals surface area contributed by atoms with E-state index in [4.69, 9.17) is 9.47 Å². The van der Waals surface area contributed by atoms with Gasteiger partial charge < -0.3 is 20.1 Å². The molecular formula is C19H22F6N2O5. The first-order chi connectivity index (χ1) is 14.9. The van der Waals surface area contributed by atoms with Crippen LogP contribution in [0.1, 0.15) is 24.8 Å². The van der Waals surface area contributed by atoms with E-state index >= 15 is 0 Å². The molecule has 2 N–H and O–H groups in total. The second-order valence-corrected chi connectivity index (χ2v) is 6.91. The van der Waals surface area contributed by atoms with E-state index in [1.54, 1.807) is 0 Å². The van der Waals surface area contributed by atoms with Crippen LogP contribution in [0, 0.1) is 0 Å². The highest BCUT2D eigenvalue weighted by molar-refractivity contribution is 5.81. The number of halogens is 6. The van der Waals surface area contributed by atoms with Crippen molar-refractivity contribution >= 4 is 11.8 Å². The van der Waals surface area contributed by atoms with Crippen molar-refractivity contribution in [2.24, 2.45) is 0 Å². The van der Waals surface area contributed by atoms with E-state index in [0.717, 1.165) is 24.3 Å². The Labute approximate surface area is 179 Å². The molecule has 1 saturated heterocycles. The van der Waals surface area contributed by atoms with Crippen LogP contribution in [-0.4, -0.2) is 56.7 Å². The molecule has 1 heterocycles. The Morgan fingerprint density at radius 3 is 2.31 bits per heavy atom. The Morgan fingerprint density at radius 2 is 1.75 bits per heavy atom. The smallest absolute Gasteiger partial charge is 0.484 e. The first kappa shape index (κ1) is 25.7. The maximum absolute atomic E-state index is 12.5. The fourth-order valence-electron chi connectivity index (χ4n) is 2.82. The highest BCUT2D eigenvalue weighted by Gasteiger charge is 2.31. The van der Waals surface area contributed by atoms with Gasteiger partial charge in [-0.05, 0) is 43.5 Å². The predicted molar refractivity (Wildman–Crippen MR) is 97.5 cm³/mol. The SMILES string of the molecule is O=C(COc1ccc(C(F)(F)F)cc1)N[C@H]1CC[C@H](C(=O)NCCCOC(F)(F)F)OC1. The molecule has 0 spiro atoms. The lowest BCUT2D eigenvalue weighted by Gasteiger charge is -2.28. The molecule has 0 unspecified atom stereocenters. The molecule has 1 aromatic carbocycles. The molecule has 180 valence electrons. The largest absolute Gasteiger partial charge is 0.522 e. The van der Waals surface area contributed by atoms with Crippen LogP contribution in [0.5, 0.6) is 5.75 Å². The third-order valence-corrected chi connectivity index (χ3v) is 4.37. The minimum Gasteiger partial charge on any atom is -0.484 e. The maximum Gasteiger partial charge on any atom is 0.522 e. The normalized spacial score (nSPS) is 19.3. The van der Waals surface area contributed by atoms with Crippen LogP contribution in [0.15, 0.2) is 24.3 Å². The minimum atomic E-state index is -4.71. The van der Waals surface area contributed by atoms with Gasteiger partial charge in [-0.1, -0.05) is 0 Å². The molecule has 0 aliphatic carbocycles. The Bertz CT molecular complexity index is 746. The summed E-state index contributed by atoms with van der Waals surface area (Å²) in [6.07, 6.45) is -9.27. The standard InChI is InChI=1S/C19H22F6N2O5/c20-18(21,22)12-2-5-14(6-3-12)30-11-16(28)27-13-4-7-15(31-10-13)17(29)26-8-1-9-32-19(23,24)25/h2-3,5-6,13,15H,1,4,7-11H2,(H,26,29)(H,27,28)/t13-,15+/m0/s1. The number of ether oxygens (including phenoxy) is 3. The number of hydrogen-bond acceptors (Lipinski definition) is 5. The number of rotatable bonds is 9. The molecule has 2 atom stereocenters. The third-order valence-electron chi connectivity index (χ3n) is 4.37. The van der Waals surface area contributed by atoms with E-state index in [2.05, 4.69) is 15.4 Å². The van der Waals surface area contributed by atoms with Gasteiger partial charge in [0, 0.05) is 6.54 Å². The molecule has 0 radical (unpaired) electrons. The summed E-state index contributed by atoms with van der Waals surface area (Å²) >= 11 is 0. The summed E-state index contributed by atoms with van der Waals surface area (Å²) in [5.41, 5.74) is -0.832. The van der Waals surface area contributed by atoms with Crippen molar-refractivity contribution in [3.63, 3.8) is 0 Å². The van der Waals surface area contributed by atoms with Crippen molar-refractivity contribution in [3.8, 4) is 5.75 Å². The first-order valence-electron chi connectivity index (χ1n) is 9.63. The molecule has 0 aromatic heterocycles. The van der Waals surface area contributed by atoms with Crippen LogP contribution in [0.2, 0.25) is 0 Å².